The fourth-order valence-corrected chi connectivity index (χ4v) is 11.4. The third-order valence-corrected chi connectivity index (χ3v) is 13.3. The molecule has 5 nitrogen and oxygen atoms in total. The molecule has 0 bridgehead atoms. The van der Waals surface area contributed by atoms with Crippen LogP contribution in [0.2, 0.25) is 0 Å². The van der Waals surface area contributed by atoms with E-state index in [1.54, 1.807) is 45.3 Å². The fraction of sp³-hybridized carbons (Fsp3) is 0.333. The van der Waals surface area contributed by atoms with Gasteiger partial charge in [0, 0.05) is 63.2 Å². The molecule has 6 aromatic heterocycles. The number of aryl methyl sites for hydroxylation is 4. The number of thiophene rings is 4. The molecule has 0 unspecified atom stereocenters. The van der Waals surface area contributed by atoms with Gasteiger partial charge in [-0.1, -0.05) is 99.2 Å². The molecule has 0 saturated heterocycles. The van der Waals surface area contributed by atoms with Gasteiger partial charge in [0.1, 0.15) is 0 Å². The molecule has 52 heavy (non-hydrogen) atoms. The summed E-state index contributed by atoms with van der Waals surface area (Å²) in [6.45, 7) is 22.0. The van der Waals surface area contributed by atoms with E-state index in [1.165, 1.54) is 42.1 Å². The molecule has 0 fully saturated rings. The van der Waals surface area contributed by atoms with Gasteiger partial charge in [0.05, 0.1) is 11.4 Å². The molecule has 8 aromatic rings. The van der Waals surface area contributed by atoms with E-state index in [4.69, 9.17) is 14.9 Å². The predicted molar refractivity (Wildman–Crippen MR) is 219 cm³/mol. The van der Waals surface area contributed by atoms with Gasteiger partial charge in [0.2, 0.25) is 0 Å². The molecular weight excluding hydrogens is 900 g/mol. The molecule has 0 radical (unpaired) electrons. The number of nitrogens with zero attached hydrogens (tertiary/aromatic N) is 4. The predicted octanol–water partition coefficient (Wildman–Crippen LogP) is 13.3. The first-order valence-electron chi connectivity index (χ1n) is 17.2. The number of hydrogen-bond donors (Lipinski definition) is 0. The molecule has 0 atom stereocenters. The summed E-state index contributed by atoms with van der Waals surface area (Å²) in [6.07, 6.45) is 2.06. The second kappa shape index (κ2) is 13.7. The second-order valence-electron chi connectivity index (χ2n) is 16.0. The summed E-state index contributed by atoms with van der Waals surface area (Å²) in [4.78, 5) is 3.92. The van der Waals surface area contributed by atoms with Crippen LogP contribution in [0.4, 0.5) is 0 Å². The van der Waals surface area contributed by atoms with Gasteiger partial charge in [0.15, 0.2) is 0 Å². The van der Waals surface area contributed by atoms with E-state index in [2.05, 4.69) is 114 Å². The third-order valence-electron chi connectivity index (χ3n) is 8.97. The van der Waals surface area contributed by atoms with Gasteiger partial charge >= 0.3 is 21.1 Å². The smallest absolute Gasteiger partial charge is 0.507 e. The maximum absolute atomic E-state index is 6.58. The van der Waals surface area contributed by atoms with Crippen molar-refractivity contribution in [3.8, 4) is 32.6 Å². The Morgan fingerprint density at radius 1 is 0.577 bits per heavy atom. The minimum atomic E-state index is 0. The molecule has 0 aliphatic carbocycles. The Balaban J connectivity index is 0.00000420. The Bertz CT molecular complexity index is 2470. The number of ether oxygens (including phenoxy) is 1. The molecule has 0 spiro atoms. The van der Waals surface area contributed by atoms with Crippen molar-refractivity contribution in [3.05, 3.63) is 80.8 Å². The summed E-state index contributed by atoms with van der Waals surface area (Å²) in [6, 6.07) is 20.8. The zero-order valence-corrected chi connectivity index (χ0v) is 36.6. The maximum Gasteiger partial charge on any atom is 2.00 e. The van der Waals surface area contributed by atoms with Gasteiger partial charge in [-0.05, 0) is 60.8 Å². The van der Waals surface area contributed by atoms with E-state index >= 15 is 0 Å². The number of aromatic nitrogens is 4. The van der Waals surface area contributed by atoms with Crippen LogP contribution in [0.5, 0.6) is 11.5 Å². The largest absolute Gasteiger partial charge is 2.00 e. The van der Waals surface area contributed by atoms with Crippen LogP contribution in [0.3, 0.4) is 0 Å². The minimum Gasteiger partial charge on any atom is -0.507 e. The van der Waals surface area contributed by atoms with Gasteiger partial charge in [0.25, 0.3) is 0 Å². The molecule has 0 saturated carbocycles. The Kier molecular flexibility index (Phi) is 9.78. The van der Waals surface area contributed by atoms with E-state index in [0.717, 1.165) is 64.5 Å². The van der Waals surface area contributed by atoms with Crippen LogP contribution in [0.25, 0.3) is 61.5 Å². The second-order valence-corrected chi connectivity index (χ2v) is 20.6. The van der Waals surface area contributed by atoms with Crippen LogP contribution in [0.1, 0.15) is 73.8 Å². The number of hydrogen-bond acceptors (Lipinski definition) is 9. The van der Waals surface area contributed by atoms with Gasteiger partial charge in [-0.3, -0.25) is 0 Å². The molecule has 0 N–H and O–H groups in total. The number of benzene rings is 2. The molecule has 268 valence electrons. The summed E-state index contributed by atoms with van der Waals surface area (Å²) in [5.74, 6) is 1.38. The average molecular weight is 940 g/mol. The standard InChI is InChI=1S/C42H40N4OS4.Pt/c1-21-35-27-13-11-25(19-41(5,6)7)15-31(27)50-39(35)37(45-43-21)33-17-29(23(3)48-33)47-30-18-34(49-24(30)4)38-40-36(22(2)44-46-38)28-14-12-26(16-32(28)51-40)20-42(8,9)10;/h11-16H,19-20H2,1-10H3;/q-2;+2. The van der Waals surface area contributed by atoms with Crippen LogP contribution < -0.4 is 4.74 Å². The average Bonchev–Trinajstić information content (AvgIpc) is 3.79. The first-order chi connectivity index (χ1) is 24.1. The van der Waals surface area contributed by atoms with Crippen molar-refractivity contribution < 1.29 is 25.8 Å². The van der Waals surface area contributed by atoms with Crippen LogP contribution in [0.15, 0.2) is 36.4 Å². The van der Waals surface area contributed by atoms with Crippen molar-refractivity contribution in [1.29, 1.82) is 0 Å². The Morgan fingerprint density at radius 2 is 0.981 bits per heavy atom. The van der Waals surface area contributed by atoms with Gasteiger partial charge in [-0.15, -0.1) is 34.8 Å². The van der Waals surface area contributed by atoms with E-state index in [1.807, 2.05) is 13.8 Å². The van der Waals surface area contributed by atoms with E-state index in [9.17, 15) is 0 Å². The van der Waals surface area contributed by atoms with Crippen molar-refractivity contribution >= 4 is 85.7 Å². The van der Waals surface area contributed by atoms with E-state index in [-0.39, 0.29) is 31.9 Å². The van der Waals surface area contributed by atoms with Crippen molar-refractivity contribution in [1.82, 2.24) is 20.4 Å². The molecule has 10 heteroatoms. The normalized spacial score (nSPS) is 12.4. The zero-order chi connectivity index (χ0) is 36.0. The molecule has 8 rings (SSSR count). The third kappa shape index (κ3) is 7.00. The van der Waals surface area contributed by atoms with E-state index < -0.39 is 0 Å². The SMILES string of the molecule is Cc1sc(-c2nnc(C)c3c2sc2cc(CC(C)(C)C)ccc23)[c-]c1Oc1[c-]c(-c2nnc(C)c3c2sc2cc(CC(C)(C)C)ccc23)sc1C.[Pt+2]. The molecule has 0 amide bonds. The molecule has 2 aromatic carbocycles. The summed E-state index contributed by atoms with van der Waals surface area (Å²) < 4.78 is 11.4. The Labute approximate surface area is 335 Å². The summed E-state index contributed by atoms with van der Waals surface area (Å²) in [5, 5.41) is 23.5. The van der Waals surface area contributed by atoms with Crippen molar-refractivity contribution in [2.75, 3.05) is 0 Å². The summed E-state index contributed by atoms with van der Waals surface area (Å²) >= 11 is 6.87. The van der Waals surface area contributed by atoms with Crippen molar-refractivity contribution in [3.63, 3.8) is 0 Å². The maximum atomic E-state index is 6.58. The number of fused-ring (bicyclic) bond motifs is 6. The Morgan fingerprint density at radius 3 is 1.37 bits per heavy atom. The van der Waals surface area contributed by atoms with Gasteiger partial charge in [-0.2, -0.15) is 10.2 Å². The fourth-order valence-electron chi connectivity index (χ4n) is 6.86. The van der Waals surface area contributed by atoms with Gasteiger partial charge < -0.3 is 4.74 Å². The minimum absolute atomic E-state index is 0. The van der Waals surface area contributed by atoms with Crippen LogP contribution in [-0.2, 0) is 33.9 Å². The number of rotatable bonds is 6. The summed E-state index contributed by atoms with van der Waals surface area (Å²) in [7, 11) is 0. The van der Waals surface area contributed by atoms with Gasteiger partial charge in [-0.25, -0.2) is 32.9 Å². The summed E-state index contributed by atoms with van der Waals surface area (Å²) in [5.41, 5.74) is 6.76. The topological polar surface area (TPSA) is 60.8 Å². The van der Waals surface area contributed by atoms with E-state index in [0.29, 0.717) is 11.5 Å². The molecule has 0 aliphatic rings. The molecular formula is C42H40N4OPtS4. The molecule has 6 heterocycles. The van der Waals surface area contributed by atoms with Crippen LogP contribution >= 0.6 is 45.3 Å². The molecule has 0 aliphatic heterocycles. The Hall–Kier alpha value is -3.07. The first kappa shape index (κ1) is 37.3. The van der Waals surface area contributed by atoms with Crippen molar-refractivity contribution in [2.24, 2.45) is 10.8 Å². The van der Waals surface area contributed by atoms with Crippen LogP contribution in [0, 0.1) is 50.7 Å². The monoisotopic (exact) mass is 939 g/mol. The first-order valence-corrected chi connectivity index (χ1v) is 20.5. The van der Waals surface area contributed by atoms with Crippen molar-refractivity contribution in [2.45, 2.75) is 82.1 Å². The zero-order valence-electron chi connectivity index (χ0n) is 31.0. The quantitative estimate of drug-likeness (QED) is 0.155. The van der Waals surface area contributed by atoms with Crippen LogP contribution in [-0.4, -0.2) is 20.4 Å².